The Bertz CT molecular complexity index is 310. The highest BCUT2D eigenvalue weighted by Crippen LogP contribution is 2.19. The Morgan fingerprint density at radius 3 is 3.00 bits per heavy atom. The molecule has 1 aliphatic heterocycles. The number of β-amino-alcohol motifs (C(OH)–C–C–N with tert-alkyl or cyclic N) is 1. The zero-order valence-corrected chi connectivity index (χ0v) is 9.19. The van der Waals surface area contributed by atoms with Gasteiger partial charge >= 0.3 is 0 Å². The summed E-state index contributed by atoms with van der Waals surface area (Å²) in [6.07, 6.45) is 4.71. The van der Waals surface area contributed by atoms with Crippen molar-refractivity contribution in [3.8, 4) is 0 Å². The van der Waals surface area contributed by atoms with Gasteiger partial charge in [0.05, 0.1) is 18.0 Å². The molecule has 82 valence electrons. The maximum atomic E-state index is 9.58. The van der Waals surface area contributed by atoms with Crippen molar-refractivity contribution in [1.82, 2.24) is 4.98 Å². The van der Waals surface area contributed by atoms with Gasteiger partial charge in [-0.3, -0.25) is 4.98 Å². The van der Waals surface area contributed by atoms with Crippen molar-refractivity contribution in [2.24, 2.45) is 0 Å². The second-order valence-corrected chi connectivity index (χ2v) is 4.10. The van der Waals surface area contributed by atoms with Crippen LogP contribution >= 0.6 is 0 Å². The van der Waals surface area contributed by atoms with Crippen LogP contribution in [0.4, 0.5) is 5.69 Å². The second-order valence-electron chi connectivity index (χ2n) is 4.10. The summed E-state index contributed by atoms with van der Waals surface area (Å²) < 4.78 is 0. The van der Waals surface area contributed by atoms with Gasteiger partial charge < -0.3 is 10.0 Å². The third-order valence-electron chi connectivity index (χ3n) is 2.93. The normalized spacial score (nSPS) is 21.7. The van der Waals surface area contributed by atoms with Gasteiger partial charge in [-0.25, -0.2) is 0 Å². The zero-order valence-electron chi connectivity index (χ0n) is 9.19. The van der Waals surface area contributed by atoms with Crippen molar-refractivity contribution in [3.63, 3.8) is 0 Å². The highest BCUT2D eigenvalue weighted by molar-refractivity contribution is 5.45. The minimum atomic E-state index is -0.176. The molecular formula is C12H18N2O. The molecule has 0 aliphatic carbocycles. The molecule has 0 spiro atoms. The lowest BCUT2D eigenvalue weighted by Gasteiger charge is -2.31. The van der Waals surface area contributed by atoms with Gasteiger partial charge in [-0.15, -0.1) is 0 Å². The van der Waals surface area contributed by atoms with E-state index in [9.17, 15) is 5.11 Å². The molecule has 1 aromatic heterocycles. The lowest BCUT2D eigenvalue weighted by atomic mass is 10.1. The van der Waals surface area contributed by atoms with Crippen molar-refractivity contribution in [1.29, 1.82) is 0 Å². The second kappa shape index (κ2) is 4.62. The summed E-state index contributed by atoms with van der Waals surface area (Å²) in [5, 5.41) is 9.58. The summed E-state index contributed by atoms with van der Waals surface area (Å²) in [7, 11) is 0. The maximum absolute atomic E-state index is 9.58. The fourth-order valence-electron chi connectivity index (χ4n) is 2.00. The van der Waals surface area contributed by atoms with E-state index in [0.717, 1.165) is 43.7 Å². The molecule has 1 atom stereocenters. The Kier molecular flexibility index (Phi) is 3.21. The van der Waals surface area contributed by atoms with Crippen LogP contribution in [0, 0.1) is 0 Å². The van der Waals surface area contributed by atoms with E-state index in [1.165, 1.54) is 0 Å². The molecule has 0 bridgehead atoms. The minimum absolute atomic E-state index is 0.176. The molecule has 0 radical (unpaired) electrons. The lowest BCUT2D eigenvalue weighted by molar-refractivity contribution is 0.154. The number of nitrogens with zero attached hydrogens (tertiary/aromatic N) is 2. The van der Waals surface area contributed by atoms with Crippen LogP contribution in [0.2, 0.25) is 0 Å². The predicted octanol–water partition coefficient (Wildman–Crippen LogP) is 1.61. The van der Waals surface area contributed by atoms with Gasteiger partial charge in [0.2, 0.25) is 0 Å². The number of hydrogen-bond acceptors (Lipinski definition) is 3. The van der Waals surface area contributed by atoms with E-state index in [0.29, 0.717) is 0 Å². The standard InChI is InChI=1S/C12H18N2O/c1-2-10-5-6-11(8-13-10)14-7-3-4-12(15)9-14/h5-6,8,12,15H,2-4,7,9H2,1H3/t12-/m0/s1. The summed E-state index contributed by atoms with van der Waals surface area (Å²) in [5.41, 5.74) is 2.25. The zero-order chi connectivity index (χ0) is 10.7. The average molecular weight is 206 g/mol. The highest BCUT2D eigenvalue weighted by atomic mass is 16.3. The van der Waals surface area contributed by atoms with Crippen molar-refractivity contribution in [2.75, 3.05) is 18.0 Å². The summed E-state index contributed by atoms with van der Waals surface area (Å²) in [4.78, 5) is 6.58. The lowest BCUT2D eigenvalue weighted by Crippen LogP contribution is -2.38. The van der Waals surface area contributed by atoms with E-state index in [1.54, 1.807) is 0 Å². The summed E-state index contributed by atoms with van der Waals surface area (Å²) in [6, 6.07) is 4.17. The van der Waals surface area contributed by atoms with Crippen LogP contribution in [0.25, 0.3) is 0 Å². The third kappa shape index (κ3) is 2.48. The summed E-state index contributed by atoms with van der Waals surface area (Å²) in [5.74, 6) is 0. The van der Waals surface area contributed by atoms with E-state index >= 15 is 0 Å². The van der Waals surface area contributed by atoms with Gasteiger partial charge in [-0.05, 0) is 31.4 Å². The smallest absolute Gasteiger partial charge is 0.0715 e. The van der Waals surface area contributed by atoms with Gasteiger partial charge in [0.1, 0.15) is 0 Å². The van der Waals surface area contributed by atoms with Crippen LogP contribution < -0.4 is 4.90 Å². The minimum Gasteiger partial charge on any atom is -0.391 e. The molecule has 15 heavy (non-hydrogen) atoms. The topological polar surface area (TPSA) is 36.4 Å². The first-order valence-corrected chi connectivity index (χ1v) is 5.67. The SMILES string of the molecule is CCc1ccc(N2CCC[C@H](O)C2)cn1. The molecule has 2 heterocycles. The largest absolute Gasteiger partial charge is 0.391 e. The quantitative estimate of drug-likeness (QED) is 0.798. The van der Waals surface area contributed by atoms with E-state index in [2.05, 4.69) is 28.9 Å². The fraction of sp³-hybridized carbons (Fsp3) is 0.583. The maximum Gasteiger partial charge on any atom is 0.0715 e. The predicted molar refractivity (Wildman–Crippen MR) is 61.1 cm³/mol. The number of aromatic nitrogens is 1. The van der Waals surface area contributed by atoms with Gasteiger partial charge in [0, 0.05) is 18.8 Å². The van der Waals surface area contributed by atoms with Crippen molar-refractivity contribution in [3.05, 3.63) is 24.0 Å². The van der Waals surface area contributed by atoms with Crippen molar-refractivity contribution < 1.29 is 5.11 Å². The van der Waals surface area contributed by atoms with E-state index < -0.39 is 0 Å². The molecular weight excluding hydrogens is 188 g/mol. The molecule has 0 amide bonds. The Balaban J connectivity index is 2.07. The van der Waals surface area contributed by atoms with E-state index in [4.69, 9.17) is 0 Å². The van der Waals surface area contributed by atoms with Crippen LogP contribution in [-0.4, -0.2) is 29.3 Å². The Labute approximate surface area is 90.8 Å². The first-order valence-electron chi connectivity index (χ1n) is 5.67. The Morgan fingerprint density at radius 1 is 1.53 bits per heavy atom. The Morgan fingerprint density at radius 2 is 2.40 bits per heavy atom. The number of aliphatic hydroxyl groups excluding tert-OH is 1. The van der Waals surface area contributed by atoms with Crippen LogP contribution in [0.15, 0.2) is 18.3 Å². The van der Waals surface area contributed by atoms with Gasteiger partial charge in [0.15, 0.2) is 0 Å². The van der Waals surface area contributed by atoms with Crippen LogP contribution in [-0.2, 0) is 6.42 Å². The molecule has 0 aromatic carbocycles. The molecule has 0 saturated carbocycles. The number of pyridine rings is 1. The van der Waals surface area contributed by atoms with E-state index in [1.807, 2.05) is 6.20 Å². The number of aryl methyl sites for hydroxylation is 1. The van der Waals surface area contributed by atoms with Gasteiger partial charge in [-0.2, -0.15) is 0 Å². The first kappa shape index (κ1) is 10.4. The van der Waals surface area contributed by atoms with Crippen molar-refractivity contribution >= 4 is 5.69 Å². The number of rotatable bonds is 2. The average Bonchev–Trinajstić information content (AvgIpc) is 2.29. The molecule has 2 rings (SSSR count). The van der Waals surface area contributed by atoms with Crippen LogP contribution in [0.5, 0.6) is 0 Å². The molecule has 1 saturated heterocycles. The molecule has 1 aromatic rings. The highest BCUT2D eigenvalue weighted by Gasteiger charge is 2.17. The molecule has 1 N–H and O–H groups in total. The Hall–Kier alpha value is -1.09. The molecule has 3 nitrogen and oxygen atoms in total. The molecule has 1 fully saturated rings. The first-order chi connectivity index (χ1) is 7.29. The number of hydrogen-bond donors (Lipinski definition) is 1. The van der Waals surface area contributed by atoms with Crippen molar-refractivity contribution in [2.45, 2.75) is 32.3 Å². The van der Waals surface area contributed by atoms with Gasteiger partial charge in [0.25, 0.3) is 0 Å². The number of piperidine rings is 1. The third-order valence-corrected chi connectivity index (χ3v) is 2.93. The van der Waals surface area contributed by atoms with Crippen LogP contribution in [0.1, 0.15) is 25.5 Å². The van der Waals surface area contributed by atoms with E-state index in [-0.39, 0.29) is 6.10 Å². The molecule has 0 unspecified atom stereocenters. The van der Waals surface area contributed by atoms with Gasteiger partial charge in [-0.1, -0.05) is 6.92 Å². The molecule has 3 heteroatoms. The summed E-state index contributed by atoms with van der Waals surface area (Å²) in [6.45, 7) is 3.88. The number of aliphatic hydroxyl groups is 1. The molecule has 1 aliphatic rings. The number of anilines is 1. The monoisotopic (exact) mass is 206 g/mol. The fourth-order valence-corrected chi connectivity index (χ4v) is 2.00. The van der Waals surface area contributed by atoms with Crippen LogP contribution in [0.3, 0.4) is 0 Å². The summed E-state index contributed by atoms with van der Waals surface area (Å²) >= 11 is 0.